The molecule has 0 radical (unpaired) electrons. The maximum Gasteiger partial charge on any atom is 0.307 e. The highest BCUT2D eigenvalue weighted by Gasteiger charge is 2.37. The van der Waals surface area contributed by atoms with E-state index < -0.39 is 21.9 Å². The number of carbonyl (C=O) groups is 1. The normalized spacial score (nSPS) is 24.6. The smallest absolute Gasteiger partial charge is 0.307 e. The number of sulfonamides is 1. The molecule has 2 heterocycles. The summed E-state index contributed by atoms with van der Waals surface area (Å²) in [4.78, 5) is 11.2. The molecule has 0 bridgehead atoms. The molecule has 1 N–H and O–H groups in total. The van der Waals surface area contributed by atoms with E-state index in [9.17, 15) is 18.3 Å². The second-order valence-corrected chi connectivity index (χ2v) is 8.44. The van der Waals surface area contributed by atoms with Crippen molar-refractivity contribution in [1.82, 2.24) is 4.31 Å². The highest BCUT2D eigenvalue weighted by atomic mass is 35.5. The molecule has 1 fully saturated rings. The Morgan fingerprint density at radius 1 is 1.25 bits per heavy atom. The minimum atomic E-state index is -3.92. The molecule has 132 valence electrons. The van der Waals surface area contributed by atoms with Crippen molar-refractivity contribution in [3.8, 4) is 11.5 Å². The van der Waals surface area contributed by atoms with Gasteiger partial charge in [-0.25, -0.2) is 8.42 Å². The fourth-order valence-corrected chi connectivity index (χ4v) is 5.17. The standard InChI is InChI=1S/C15H18ClNO6S/c1-9-4-10(15(18)19)8-17(7-9)24(20,21)14-6-13-12(5-11(14)16)22-2-3-23-13/h5-6,9-10H,2-4,7-8H2,1H3,(H,18,19). The van der Waals surface area contributed by atoms with Crippen LogP contribution in [-0.4, -0.2) is 50.1 Å². The highest BCUT2D eigenvalue weighted by Crippen LogP contribution is 2.39. The Bertz CT molecular complexity index is 765. The van der Waals surface area contributed by atoms with Crippen molar-refractivity contribution in [3.63, 3.8) is 0 Å². The minimum absolute atomic E-state index is 0.0318. The number of benzene rings is 1. The van der Waals surface area contributed by atoms with Gasteiger partial charge < -0.3 is 14.6 Å². The van der Waals surface area contributed by atoms with E-state index in [1.165, 1.54) is 16.4 Å². The third-order valence-corrected chi connectivity index (χ3v) is 6.49. The third kappa shape index (κ3) is 3.18. The second-order valence-electron chi connectivity index (χ2n) is 6.12. The SMILES string of the molecule is CC1CC(C(=O)O)CN(S(=O)(=O)c2cc3c(cc2Cl)OCCO3)C1. The summed E-state index contributed by atoms with van der Waals surface area (Å²) in [5.41, 5.74) is 0. The van der Waals surface area contributed by atoms with Gasteiger partial charge in [-0.2, -0.15) is 4.31 Å². The number of fused-ring (bicyclic) bond motifs is 1. The molecule has 9 heteroatoms. The summed E-state index contributed by atoms with van der Waals surface area (Å²) in [6.07, 6.45) is 0.455. The lowest BCUT2D eigenvalue weighted by molar-refractivity contribution is -0.143. The van der Waals surface area contributed by atoms with Crippen LogP contribution in [0.3, 0.4) is 0 Å². The monoisotopic (exact) mass is 375 g/mol. The first kappa shape index (κ1) is 17.3. The van der Waals surface area contributed by atoms with Gasteiger partial charge in [0.15, 0.2) is 11.5 Å². The molecular formula is C15H18ClNO6S. The Hall–Kier alpha value is -1.51. The Morgan fingerprint density at radius 3 is 2.50 bits per heavy atom. The van der Waals surface area contributed by atoms with Gasteiger partial charge in [0.2, 0.25) is 10.0 Å². The third-order valence-electron chi connectivity index (χ3n) is 4.19. The van der Waals surface area contributed by atoms with Gasteiger partial charge >= 0.3 is 5.97 Å². The molecular weight excluding hydrogens is 358 g/mol. The number of carboxylic acid groups (broad SMARTS) is 1. The minimum Gasteiger partial charge on any atom is -0.486 e. The van der Waals surface area contributed by atoms with Crippen molar-refractivity contribution in [2.24, 2.45) is 11.8 Å². The van der Waals surface area contributed by atoms with Crippen LogP contribution in [-0.2, 0) is 14.8 Å². The maximum absolute atomic E-state index is 13.0. The Morgan fingerprint density at radius 2 is 1.88 bits per heavy atom. The van der Waals surface area contributed by atoms with Gasteiger partial charge in [0.1, 0.15) is 18.1 Å². The van der Waals surface area contributed by atoms with Gasteiger partial charge in [0, 0.05) is 25.2 Å². The topological polar surface area (TPSA) is 93.1 Å². The Kier molecular flexibility index (Phi) is 4.63. The van der Waals surface area contributed by atoms with E-state index in [0.717, 1.165) is 0 Å². The lowest BCUT2D eigenvalue weighted by Crippen LogP contribution is -2.45. The number of aliphatic carboxylic acids is 1. The molecule has 0 aromatic heterocycles. The maximum atomic E-state index is 13.0. The molecule has 0 saturated carbocycles. The average Bonchev–Trinajstić information content (AvgIpc) is 2.53. The summed E-state index contributed by atoms with van der Waals surface area (Å²) in [5.74, 6) is -1.04. The quantitative estimate of drug-likeness (QED) is 0.866. The highest BCUT2D eigenvalue weighted by molar-refractivity contribution is 7.89. The molecule has 1 saturated heterocycles. The largest absolute Gasteiger partial charge is 0.486 e. The first-order valence-electron chi connectivity index (χ1n) is 7.61. The first-order valence-corrected chi connectivity index (χ1v) is 9.43. The predicted octanol–water partition coefficient (Wildman–Crippen LogP) is 1.84. The van der Waals surface area contributed by atoms with E-state index in [0.29, 0.717) is 31.1 Å². The molecule has 2 aliphatic heterocycles. The van der Waals surface area contributed by atoms with Crippen LogP contribution in [0.2, 0.25) is 5.02 Å². The zero-order valence-corrected chi connectivity index (χ0v) is 14.6. The number of hydrogen-bond donors (Lipinski definition) is 1. The summed E-state index contributed by atoms with van der Waals surface area (Å²) in [7, 11) is -3.92. The fraction of sp³-hybridized carbons (Fsp3) is 0.533. The second kappa shape index (κ2) is 6.42. The van der Waals surface area contributed by atoms with Gasteiger partial charge in [-0.1, -0.05) is 18.5 Å². The van der Waals surface area contributed by atoms with Crippen molar-refractivity contribution in [3.05, 3.63) is 17.2 Å². The number of halogens is 1. The van der Waals surface area contributed by atoms with Crippen LogP contribution in [0.25, 0.3) is 0 Å². The van der Waals surface area contributed by atoms with E-state index in [2.05, 4.69) is 0 Å². The van der Waals surface area contributed by atoms with Crippen LogP contribution in [0, 0.1) is 11.8 Å². The van der Waals surface area contributed by atoms with Crippen molar-refractivity contribution in [1.29, 1.82) is 0 Å². The fourth-order valence-electron chi connectivity index (χ4n) is 3.06. The van der Waals surface area contributed by atoms with Crippen molar-refractivity contribution >= 4 is 27.6 Å². The lowest BCUT2D eigenvalue weighted by Gasteiger charge is -2.34. The van der Waals surface area contributed by atoms with Crippen molar-refractivity contribution < 1.29 is 27.8 Å². The van der Waals surface area contributed by atoms with E-state index in [1.54, 1.807) is 0 Å². The molecule has 0 amide bonds. The van der Waals surface area contributed by atoms with Crippen molar-refractivity contribution in [2.75, 3.05) is 26.3 Å². The van der Waals surface area contributed by atoms with Crippen LogP contribution in [0.1, 0.15) is 13.3 Å². The molecule has 1 aromatic carbocycles. The molecule has 24 heavy (non-hydrogen) atoms. The van der Waals surface area contributed by atoms with Crippen LogP contribution in [0.5, 0.6) is 11.5 Å². The number of ether oxygens (including phenoxy) is 2. The molecule has 3 rings (SSSR count). The number of hydrogen-bond acceptors (Lipinski definition) is 5. The summed E-state index contributed by atoms with van der Waals surface area (Å²) in [5, 5.41) is 9.27. The van der Waals surface area contributed by atoms with Gasteiger partial charge in [-0.15, -0.1) is 0 Å². The summed E-state index contributed by atoms with van der Waals surface area (Å²) in [6.45, 7) is 2.74. The predicted molar refractivity (Wildman–Crippen MR) is 86.1 cm³/mol. The summed E-state index contributed by atoms with van der Waals surface area (Å²) >= 11 is 6.14. The zero-order chi connectivity index (χ0) is 17.5. The van der Waals surface area contributed by atoms with E-state index in [1.807, 2.05) is 6.92 Å². The number of carboxylic acids is 1. The lowest BCUT2D eigenvalue weighted by atomic mass is 9.92. The van der Waals surface area contributed by atoms with Gasteiger partial charge in [0.05, 0.1) is 10.9 Å². The average molecular weight is 376 g/mol. The molecule has 0 spiro atoms. The van der Waals surface area contributed by atoms with Crippen LogP contribution < -0.4 is 9.47 Å². The van der Waals surface area contributed by atoms with Gasteiger partial charge in [0.25, 0.3) is 0 Å². The van der Waals surface area contributed by atoms with Crippen molar-refractivity contribution in [2.45, 2.75) is 18.2 Å². The Labute approximate surface area is 145 Å². The van der Waals surface area contributed by atoms with E-state index >= 15 is 0 Å². The zero-order valence-electron chi connectivity index (χ0n) is 13.1. The van der Waals surface area contributed by atoms with Crippen LogP contribution in [0.4, 0.5) is 0 Å². The van der Waals surface area contributed by atoms with E-state index in [4.69, 9.17) is 21.1 Å². The molecule has 1 aromatic rings. The van der Waals surface area contributed by atoms with Crippen LogP contribution >= 0.6 is 11.6 Å². The van der Waals surface area contributed by atoms with E-state index in [-0.39, 0.29) is 28.9 Å². The summed E-state index contributed by atoms with van der Waals surface area (Å²) in [6, 6.07) is 2.77. The van der Waals surface area contributed by atoms with Gasteiger partial charge in [-0.05, 0) is 12.3 Å². The molecule has 2 unspecified atom stereocenters. The molecule has 2 aliphatic rings. The number of rotatable bonds is 3. The molecule has 0 aliphatic carbocycles. The first-order chi connectivity index (χ1) is 11.3. The van der Waals surface area contributed by atoms with Gasteiger partial charge in [-0.3, -0.25) is 4.79 Å². The molecule has 7 nitrogen and oxygen atoms in total. The van der Waals surface area contributed by atoms with Crippen LogP contribution in [0.15, 0.2) is 17.0 Å². The Balaban J connectivity index is 1.96. The number of nitrogens with zero attached hydrogens (tertiary/aromatic N) is 1. The summed E-state index contributed by atoms with van der Waals surface area (Å²) < 4.78 is 37.9. The molecule has 2 atom stereocenters. The number of piperidine rings is 1.